The Morgan fingerprint density at radius 1 is 1.46 bits per heavy atom. The van der Waals surface area contributed by atoms with Crippen molar-refractivity contribution in [3.8, 4) is 0 Å². The minimum atomic E-state index is -4.17. The van der Waals surface area contributed by atoms with Crippen LogP contribution >= 0.6 is 0 Å². The van der Waals surface area contributed by atoms with E-state index in [0.717, 1.165) is 0 Å². The van der Waals surface area contributed by atoms with Crippen LogP contribution < -0.4 is 5.32 Å². The zero-order valence-electron chi connectivity index (χ0n) is 6.51. The van der Waals surface area contributed by atoms with E-state index in [-0.39, 0.29) is 6.42 Å². The maximum absolute atomic E-state index is 12.1. The fourth-order valence-electron chi connectivity index (χ4n) is 2.09. The molecule has 1 saturated heterocycles. The Morgan fingerprint density at radius 3 is 2.38 bits per heavy atom. The average molecular weight is 195 g/mol. The van der Waals surface area contributed by atoms with Gasteiger partial charge in [-0.1, -0.05) is 0 Å². The van der Waals surface area contributed by atoms with Crippen molar-refractivity contribution in [2.24, 2.45) is 11.8 Å². The first-order valence-electron chi connectivity index (χ1n) is 3.97. The zero-order chi connectivity index (χ0) is 9.80. The monoisotopic (exact) mass is 195 g/mol. The quantitative estimate of drug-likeness (QED) is 0.644. The first-order valence-corrected chi connectivity index (χ1v) is 3.97. The van der Waals surface area contributed by atoms with Crippen LogP contribution in [0.4, 0.5) is 13.2 Å². The summed E-state index contributed by atoms with van der Waals surface area (Å²) in [4.78, 5) is 10.4. The van der Waals surface area contributed by atoms with E-state index in [2.05, 4.69) is 5.32 Å². The van der Waals surface area contributed by atoms with Gasteiger partial charge in [-0.05, 0) is 12.3 Å². The van der Waals surface area contributed by atoms with Crippen molar-refractivity contribution in [2.45, 2.75) is 24.7 Å². The molecule has 4 atom stereocenters. The fourth-order valence-corrected chi connectivity index (χ4v) is 2.09. The number of hydrogen-bond donors (Lipinski definition) is 2. The maximum Gasteiger partial charge on any atom is 0.393 e. The number of halogens is 3. The number of carbonyl (C=O) groups is 1. The Labute approximate surface area is 71.9 Å². The number of rotatable bonds is 1. The highest BCUT2D eigenvalue weighted by Gasteiger charge is 2.68. The van der Waals surface area contributed by atoms with Gasteiger partial charge in [0.05, 0.1) is 5.92 Å². The fraction of sp³-hybridized carbons (Fsp3) is 0.857. The molecule has 2 fully saturated rings. The van der Waals surface area contributed by atoms with Crippen molar-refractivity contribution in [3.05, 3.63) is 0 Å². The Kier molecular flexibility index (Phi) is 1.61. The zero-order valence-corrected chi connectivity index (χ0v) is 6.51. The van der Waals surface area contributed by atoms with E-state index in [0.29, 0.717) is 0 Å². The molecule has 6 heteroatoms. The normalized spacial score (nSPS) is 43.0. The van der Waals surface area contributed by atoms with Gasteiger partial charge in [0, 0.05) is 6.04 Å². The number of carboxylic acid groups (broad SMARTS) is 1. The van der Waals surface area contributed by atoms with Gasteiger partial charge in [0.2, 0.25) is 0 Å². The molecule has 74 valence electrons. The summed E-state index contributed by atoms with van der Waals surface area (Å²) < 4.78 is 36.3. The van der Waals surface area contributed by atoms with E-state index in [1.807, 2.05) is 0 Å². The van der Waals surface area contributed by atoms with Gasteiger partial charge < -0.3 is 10.4 Å². The van der Waals surface area contributed by atoms with E-state index in [1.165, 1.54) is 0 Å². The predicted molar refractivity (Wildman–Crippen MR) is 36.0 cm³/mol. The van der Waals surface area contributed by atoms with E-state index in [9.17, 15) is 18.0 Å². The molecule has 2 aliphatic rings. The second kappa shape index (κ2) is 2.37. The number of nitrogens with one attached hydrogen (secondary N) is 1. The van der Waals surface area contributed by atoms with Crippen molar-refractivity contribution < 1.29 is 23.1 Å². The predicted octanol–water partition coefficient (Wildman–Crippen LogP) is 0.610. The van der Waals surface area contributed by atoms with Crippen molar-refractivity contribution in [1.29, 1.82) is 0 Å². The molecule has 0 aromatic heterocycles. The van der Waals surface area contributed by atoms with Gasteiger partial charge in [0.15, 0.2) is 0 Å². The Balaban J connectivity index is 1.94. The van der Waals surface area contributed by atoms with Crippen molar-refractivity contribution in [1.82, 2.24) is 5.32 Å². The Bertz CT molecular complexity index is 241. The molecule has 0 aromatic carbocycles. The number of fused-ring (bicyclic) bond motifs is 1. The Hall–Kier alpha value is -0.780. The third-order valence-electron chi connectivity index (χ3n) is 2.75. The van der Waals surface area contributed by atoms with Crippen LogP contribution in [0.15, 0.2) is 0 Å². The molecular formula is C7H8F3NO2. The van der Waals surface area contributed by atoms with Crippen molar-refractivity contribution in [2.75, 3.05) is 0 Å². The van der Waals surface area contributed by atoms with E-state index in [1.54, 1.807) is 0 Å². The standard InChI is InChI=1S/C7H8F3NO2/c8-7(9,10)4-2-1-3(6(12)13)11-5(2)4/h2-5,11H,1H2,(H,12,13)/t2-,3-,4-,5-/m1/s1. The van der Waals surface area contributed by atoms with Crippen LogP contribution in [0.1, 0.15) is 6.42 Å². The molecule has 1 heterocycles. The summed E-state index contributed by atoms with van der Waals surface area (Å²) in [5.41, 5.74) is 0. The molecule has 0 bridgehead atoms. The van der Waals surface area contributed by atoms with Crippen LogP contribution in [0, 0.1) is 11.8 Å². The second-order valence-electron chi connectivity index (χ2n) is 3.55. The lowest BCUT2D eigenvalue weighted by Gasteiger charge is -2.12. The summed E-state index contributed by atoms with van der Waals surface area (Å²) >= 11 is 0. The summed E-state index contributed by atoms with van der Waals surface area (Å²) in [7, 11) is 0. The molecule has 1 saturated carbocycles. The SMILES string of the molecule is O=C(O)[C@H]1C[C@H]2[C@@H](N1)[C@@H]2C(F)(F)F. The molecule has 0 radical (unpaired) electrons. The minimum absolute atomic E-state index is 0.101. The van der Waals surface area contributed by atoms with E-state index < -0.39 is 36.1 Å². The van der Waals surface area contributed by atoms with Gasteiger partial charge in [-0.25, -0.2) is 0 Å². The average Bonchev–Trinajstić information content (AvgIpc) is 2.48. The van der Waals surface area contributed by atoms with Crippen LogP contribution in [0.5, 0.6) is 0 Å². The molecule has 0 unspecified atom stereocenters. The summed E-state index contributed by atoms with van der Waals surface area (Å²) in [6, 6.07) is -1.44. The lowest BCUT2D eigenvalue weighted by molar-refractivity contribution is -0.157. The second-order valence-corrected chi connectivity index (χ2v) is 3.55. The maximum atomic E-state index is 12.1. The first kappa shape index (κ1) is 8.80. The highest BCUT2D eigenvalue weighted by atomic mass is 19.4. The van der Waals surface area contributed by atoms with Gasteiger partial charge in [-0.3, -0.25) is 4.79 Å². The summed E-state index contributed by atoms with van der Waals surface area (Å²) in [6.07, 6.45) is -4.07. The topological polar surface area (TPSA) is 49.3 Å². The third-order valence-corrected chi connectivity index (χ3v) is 2.75. The number of piperidine rings is 1. The molecule has 2 N–H and O–H groups in total. The Morgan fingerprint density at radius 2 is 2.08 bits per heavy atom. The molecule has 0 aromatic rings. The van der Waals surface area contributed by atoms with Crippen LogP contribution in [0.25, 0.3) is 0 Å². The van der Waals surface area contributed by atoms with Crippen LogP contribution in [-0.4, -0.2) is 29.3 Å². The van der Waals surface area contributed by atoms with E-state index >= 15 is 0 Å². The number of aliphatic carboxylic acids is 1. The molecular weight excluding hydrogens is 187 g/mol. The molecule has 1 aliphatic heterocycles. The van der Waals surface area contributed by atoms with Gasteiger partial charge in [-0.2, -0.15) is 13.2 Å². The van der Waals surface area contributed by atoms with Gasteiger partial charge in [-0.15, -0.1) is 0 Å². The molecule has 13 heavy (non-hydrogen) atoms. The third kappa shape index (κ3) is 1.29. The van der Waals surface area contributed by atoms with Gasteiger partial charge in [0.25, 0.3) is 0 Å². The molecule has 0 amide bonds. The van der Waals surface area contributed by atoms with Crippen LogP contribution in [-0.2, 0) is 4.79 Å². The first-order chi connectivity index (χ1) is 5.91. The number of hydrogen-bond acceptors (Lipinski definition) is 2. The summed E-state index contributed by atoms with van der Waals surface area (Å²) in [6.45, 7) is 0. The van der Waals surface area contributed by atoms with Crippen molar-refractivity contribution in [3.63, 3.8) is 0 Å². The van der Waals surface area contributed by atoms with Crippen LogP contribution in [0.2, 0.25) is 0 Å². The highest BCUT2D eigenvalue weighted by Crippen LogP contribution is 2.55. The smallest absolute Gasteiger partial charge is 0.393 e. The van der Waals surface area contributed by atoms with Gasteiger partial charge in [0.1, 0.15) is 6.04 Å². The molecule has 2 rings (SSSR count). The number of carboxylic acids is 1. The minimum Gasteiger partial charge on any atom is -0.480 e. The lowest BCUT2D eigenvalue weighted by Crippen LogP contribution is -2.37. The molecule has 0 spiro atoms. The van der Waals surface area contributed by atoms with E-state index in [4.69, 9.17) is 5.11 Å². The summed E-state index contributed by atoms with van der Waals surface area (Å²) in [5.74, 6) is -2.89. The summed E-state index contributed by atoms with van der Waals surface area (Å²) in [5, 5.41) is 11.0. The van der Waals surface area contributed by atoms with Gasteiger partial charge >= 0.3 is 12.1 Å². The molecule has 3 nitrogen and oxygen atoms in total. The van der Waals surface area contributed by atoms with Crippen LogP contribution in [0.3, 0.4) is 0 Å². The highest BCUT2D eigenvalue weighted by molar-refractivity contribution is 5.74. The van der Waals surface area contributed by atoms with Crippen molar-refractivity contribution >= 4 is 5.97 Å². The number of alkyl halides is 3. The largest absolute Gasteiger partial charge is 0.480 e. The molecule has 1 aliphatic carbocycles. The lowest BCUT2D eigenvalue weighted by atomic mass is 10.1.